The quantitative estimate of drug-likeness (QED) is 0.564. The first-order valence-corrected chi connectivity index (χ1v) is 10.7. The third-order valence-electron chi connectivity index (χ3n) is 4.95. The number of hydrogen-bond acceptors (Lipinski definition) is 5. The minimum atomic E-state index is -4.20. The van der Waals surface area contributed by atoms with Gasteiger partial charge in [0.1, 0.15) is 10.7 Å². The number of nitrogens with one attached hydrogen (secondary N) is 1. The molecule has 0 aromatic heterocycles. The molecule has 0 saturated carbocycles. The summed E-state index contributed by atoms with van der Waals surface area (Å²) in [5.74, 6) is -1.80. The van der Waals surface area contributed by atoms with Crippen LogP contribution in [0, 0.1) is 15.9 Å². The van der Waals surface area contributed by atoms with Crippen molar-refractivity contribution < 1.29 is 27.4 Å². The van der Waals surface area contributed by atoms with Gasteiger partial charge in [-0.2, -0.15) is 0 Å². The summed E-state index contributed by atoms with van der Waals surface area (Å²) in [7, 11) is -2.18. The molecule has 1 heterocycles. The molecule has 154 valence electrons. The molecule has 2 aromatic carbocycles. The number of sulfone groups is 1. The summed E-state index contributed by atoms with van der Waals surface area (Å²) >= 11 is 0. The summed E-state index contributed by atoms with van der Waals surface area (Å²) in [5.41, 5.74) is -0.713. The van der Waals surface area contributed by atoms with Crippen LogP contribution in [-0.4, -0.2) is 57.4 Å². The average Bonchev–Trinajstić information content (AvgIpc) is 2.69. The number of nitro groups is 1. The highest BCUT2D eigenvalue weighted by Gasteiger charge is 2.30. The van der Waals surface area contributed by atoms with Crippen LogP contribution in [0.25, 0.3) is 0 Å². The summed E-state index contributed by atoms with van der Waals surface area (Å²) < 4.78 is 39.3. The van der Waals surface area contributed by atoms with Crippen LogP contribution in [0.3, 0.4) is 0 Å². The number of likely N-dealkylation sites (N-methyl/N-ethyl adjacent to an activating group) is 1. The molecule has 1 fully saturated rings. The Morgan fingerprint density at radius 1 is 1.21 bits per heavy atom. The van der Waals surface area contributed by atoms with E-state index in [1.807, 2.05) is 7.05 Å². The number of nitrogens with zero attached hydrogens (tertiary/aromatic N) is 2. The predicted molar refractivity (Wildman–Crippen MR) is 103 cm³/mol. The molecular formula is C19H21FN3O5S+. The Labute approximate surface area is 167 Å². The van der Waals surface area contributed by atoms with Crippen molar-refractivity contribution in [2.75, 3.05) is 33.2 Å². The third kappa shape index (κ3) is 4.60. The summed E-state index contributed by atoms with van der Waals surface area (Å²) in [6, 6.07) is 8.67. The van der Waals surface area contributed by atoms with Crippen LogP contribution in [0.15, 0.2) is 47.4 Å². The minimum absolute atomic E-state index is 0.0566. The van der Waals surface area contributed by atoms with E-state index in [-0.39, 0.29) is 17.0 Å². The van der Waals surface area contributed by atoms with Crippen molar-refractivity contribution in [2.45, 2.75) is 10.6 Å². The molecule has 1 aliphatic heterocycles. The van der Waals surface area contributed by atoms with E-state index < -0.39 is 36.9 Å². The zero-order chi connectivity index (χ0) is 21.2. The van der Waals surface area contributed by atoms with Gasteiger partial charge in [-0.3, -0.25) is 14.9 Å². The Balaban J connectivity index is 1.93. The number of rotatable bonds is 5. The molecule has 0 radical (unpaired) electrons. The number of hydrogen-bond donors (Lipinski definition) is 1. The number of quaternary nitrogens is 1. The minimum Gasteiger partial charge on any atom is -0.334 e. The largest absolute Gasteiger partial charge is 0.334 e. The van der Waals surface area contributed by atoms with Gasteiger partial charge in [0.25, 0.3) is 11.6 Å². The Bertz CT molecular complexity index is 1050. The Hall–Kier alpha value is -2.85. The smallest absolute Gasteiger partial charge is 0.288 e. The highest BCUT2D eigenvalue weighted by atomic mass is 32.2. The van der Waals surface area contributed by atoms with Gasteiger partial charge in [-0.05, 0) is 18.2 Å². The molecule has 1 saturated heterocycles. The van der Waals surface area contributed by atoms with Crippen LogP contribution < -0.4 is 4.90 Å². The number of piperazine rings is 1. The van der Waals surface area contributed by atoms with Gasteiger partial charge in [0.15, 0.2) is 9.84 Å². The standard InChI is InChI=1S/C19H20FN3O5S/c1-21-8-10-22(11-9-21)19(24)14-6-7-18(17(12-14)23(25)26)29(27,28)13-15-4-2-3-5-16(15)20/h2-7,12H,8-11,13H2,1H3/p+1. The number of nitro benzene ring substituents is 1. The highest BCUT2D eigenvalue weighted by Crippen LogP contribution is 2.29. The second-order valence-corrected chi connectivity index (χ2v) is 9.00. The second kappa shape index (κ2) is 8.26. The maximum absolute atomic E-state index is 13.8. The Morgan fingerprint density at radius 2 is 1.86 bits per heavy atom. The fourth-order valence-corrected chi connectivity index (χ4v) is 4.75. The van der Waals surface area contributed by atoms with Gasteiger partial charge in [0.05, 0.1) is 43.9 Å². The Morgan fingerprint density at radius 3 is 2.48 bits per heavy atom. The summed E-state index contributed by atoms with van der Waals surface area (Å²) in [6.45, 7) is 2.57. The van der Waals surface area contributed by atoms with Crippen LogP contribution in [0.2, 0.25) is 0 Å². The number of carbonyl (C=O) groups is 1. The number of halogens is 1. The van der Waals surface area contributed by atoms with Crippen molar-refractivity contribution in [3.05, 3.63) is 69.5 Å². The summed E-state index contributed by atoms with van der Waals surface area (Å²) in [5, 5.41) is 11.5. The van der Waals surface area contributed by atoms with Crippen LogP contribution >= 0.6 is 0 Å². The number of benzene rings is 2. The van der Waals surface area contributed by atoms with E-state index in [2.05, 4.69) is 0 Å². The lowest BCUT2D eigenvalue weighted by Gasteiger charge is -2.30. The molecule has 0 bridgehead atoms. The molecule has 2 aromatic rings. The lowest BCUT2D eigenvalue weighted by Crippen LogP contribution is -3.12. The molecule has 29 heavy (non-hydrogen) atoms. The van der Waals surface area contributed by atoms with E-state index in [0.717, 1.165) is 31.3 Å². The molecule has 0 unspecified atom stereocenters. The normalized spacial score (nSPS) is 15.3. The third-order valence-corrected chi connectivity index (χ3v) is 6.65. The first-order chi connectivity index (χ1) is 13.7. The molecule has 1 amide bonds. The summed E-state index contributed by atoms with van der Waals surface area (Å²) in [4.78, 5) is 25.7. The van der Waals surface area contributed by atoms with E-state index in [1.54, 1.807) is 4.90 Å². The molecule has 0 spiro atoms. The molecule has 1 aliphatic rings. The monoisotopic (exact) mass is 422 g/mol. The zero-order valence-corrected chi connectivity index (χ0v) is 16.6. The van der Waals surface area contributed by atoms with Gasteiger partial charge in [-0.15, -0.1) is 0 Å². The van der Waals surface area contributed by atoms with Gasteiger partial charge in [0.2, 0.25) is 0 Å². The lowest BCUT2D eigenvalue weighted by molar-refractivity contribution is -0.883. The second-order valence-electron chi connectivity index (χ2n) is 7.04. The van der Waals surface area contributed by atoms with Crippen LogP contribution in [-0.2, 0) is 15.6 Å². The first kappa shape index (κ1) is 20.9. The van der Waals surface area contributed by atoms with E-state index in [0.29, 0.717) is 13.1 Å². The number of carbonyl (C=O) groups excluding carboxylic acids is 1. The maximum atomic E-state index is 13.8. The fourth-order valence-electron chi connectivity index (χ4n) is 3.23. The molecular weight excluding hydrogens is 401 g/mol. The van der Waals surface area contributed by atoms with Gasteiger partial charge in [0, 0.05) is 17.2 Å². The average molecular weight is 422 g/mol. The highest BCUT2D eigenvalue weighted by molar-refractivity contribution is 7.90. The van der Waals surface area contributed by atoms with Crippen molar-refractivity contribution in [2.24, 2.45) is 0 Å². The molecule has 1 N–H and O–H groups in total. The molecule has 3 rings (SSSR count). The van der Waals surface area contributed by atoms with Gasteiger partial charge in [-0.25, -0.2) is 12.8 Å². The van der Waals surface area contributed by atoms with Crippen molar-refractivity contribution in [3.63, 3.8) is 0 Å². The van der Waals surface area contributed by atoms with Crippen LogP contribution in [0.1, 0.15) is 15.9 Å². The first-order valence-electron chi connectivity index (χ1n) is 9.04. The van der Waals surface area contributed by atoms with E-state index in [9.17, 15) is 27.7 Å². The Kier molecular flexibility index (Phi) is 5.94. The van der Waals surface area contributed by atoms with Gasteiger partial charge >= 0.3 is 0 Å². The fraction of sp³-hybridized carbons (Fsp3) is 0.316. The van der Waals surface area contributed by atoms with Crippen LogP contribution in [0.4, 0.5) is 10.1 Å². The zero-order valence-electron chi connectivity index (χ0n) is 15.8. The predicted octanol–water partition coefficient (Wildman–Crippen LogP) is 0.678. The van der Waals surface area contributed by atoms with E-state index in [1.165, 1.54) is 29.2 Å². The van der Waals surface area contributed by atoms with Crippen LogP contribution in [0.5, 0.6) is 0 Å². The molecule has 10 heteroatoms. The van der Waals surface area contributed by atoms with Crippen molar-refractivity contribution in [3.8, 4) is 0 Å². The van der Waals surface area contributed by atoms with Gasteiger partial charge < -0.3 is 9.80 Å². The van der Waals surface area contributed by atoms with Gasteiger partial charge in [-0.1, -0.05) is 18.2 Å². The summed E-state index contributed by atoms with van der Waals surface area (Å²) in [6.07, 6.45) is 0. The maximum Gasteiger partial charge on any atom is 0.288 e. The molecule has 0 atom stereocenters. The topological polar surface area (TPSA) is 102 Å². The van der Waals surface area contributed by atoms with Crippen molar-refractivity contribution in [1.29, 1.82) is 0 Å². The van der Waals surface area contributed by atoms with E-state index in [4.69, 9.17) is 0 Å². The lowest BCUT2D eigenvalue weighted by atomic mass is 10.1. The number of amides is 1. The SMILES string of the molecule is C[NH+]1CCN(C(=O)c2ccc(S(=O)(=O)Cc3ccccc3F)c([N+](=O)[O-])c2)CC1. The molecule has 8 nitrogen and oxygen atoms in total. The van der Waals surface area contributed by atoms with Crippen molar-refractivity contribution in [1.82, 2.24) is 4.90 Å². The van der Waals surface area contributed by atoms with Crippen molar-refractivity contribution >= 4 is 21.4 Å². The molecule has 0 aliphatic carbocycles. The van der Waals surface area contributed by atoms with E-state index >= 15 is 0 Å².